The highest BCUT2D eigenvalue weighted by Crippen LogP contribution is 2.30. The molecule has 3 rings (SSSR count). The number of fused-ring (bicyclic) bond motifs is 1. The molecule has 1 aliphatic rings. The van der Waals surface area contributed by atoms with Gasteiger partial charge in [0.2, 0.25) is 11.8 Å². The number of benzene rings is 2. The first-order chi connectivity index (χ1) is 12.3. The van der Waals surface area contributed by atoms with Gasteiger partial charge in [0, 0.05) is 30.5 Å². The molecule has 1 heterocycles. The molecular weight excluding hydrogens is 357 g/mol. The van der Waals surface area contributed by atoms with Crippen molar-refractivity contribution in [2.45, 2.75) is 26.3 Å². The highest BCUT2D eigenvalue weighted by molar-refractivity contribution is 6.31. The summed E-state index contributed by atoms with van der Waals surface area (Å²) in [5.74, 6) is -0.776. The van der Waals surface area contributed by atoms with Gasteiger partial charge >= 0.3 is 0 Å². The van der Waals surface area contributed by atoms with E-state index in [1.165, 1.54) is 18.2 Å². The zero-order chi connectivity index (χ0) is 18.8. The van der Waals surface area contributed by atoms with Gasteiger partial charge in [0.25, 0.3) is 0 Å². The third-order valence-electron chi connectivity index (χ3n) is 4.32. The Labute approximate surface area is 156 Å². The summed E-state index contributed by atoms with van der Waals surface area (Å²) in [6, 6.07) is 9.20. The first-order valence-corrected chi connectivity index (χ1v) is 8.66. The van der Waals surface area contributed by atoms with Crippen molar-refractivity contribution in [2.75, 3.05) is 22.1 Å². The first kappa shape index (κ1) is 18.2. The van der Waals surface area contributed by atoms with Gasteiger partial charge in [-0.3, -0.25) is 9.59 Å². The monoisotopic (exact) mass is 375 g/mol. The zero-order valence-corrected chi connectivity index (χ0v) is 15.2. The Morgan fingerprint density at radius 3 is 2.62 bits per heavy atom. The van der Waals surface area contributed by atoms with Gasteiger partial charge in [-0.15, -0.1) is 0 Å². The van der Waals surface area contributed by atoms with Gasteiger partial charge in [0.15, 0.2) is 0 Å². The second-order valence-electron chi connectivity index (χ2n) is 6.25. The standard InChI is InChI=1S/C19H19ClFN3O2/c1-11(19(26)23-15-3-5-17(21)16(20)10-15)22-14-4-6-18-13(9-14)7-8-24(18)12(2)25/h3-6,9-11,22H,7-8H2,1-2H3,(H,23,26)/t11-/m0/s1. The fourth-order valence-corrected chi connectivity index (χ4v) is 3.14. The third-order valence-corrected chi connectivity index (χ3v) is 4.61. The van der Waals surface area contributed by atoms with Crippen LogP contribution in [-0.4, -0.2) is 24.4 Å². The van der Waals surface area contributed by atoms with Crippen LogP contribution >= 0.6 is 11.6 Å². The molecule has 0 bridgehead atoms. The first-order valence-electron chi connectivity index (χ1n) is 8.28. The van der Waals surface area contributed by atoms with Crippen LogP contribution in [0.2, 0.25) is 5.02 Å². The molecule has 0 radical (unpaired) electrons. The molecule has 5 nitrogen and oxygen atoms in total. The van der Waals surface area contributed by atoms with Crippen molar-refractivity contribution in [1.82, 2.24) is 0 Å². The largest absolute Gasteiger partial charge is 0.374 e. The van der Waals surface area contributed by atoms with E-state index in [1.807, 2.05) is 18.2 Å². The summed E-state index contributed by atoms with van der Waals surface area (Å²) in [6.45, 7) is 3.96. The molecule has 0 aromatic heterocycles. The minimum atomic E-state index is -0.534. The Kier molecular flexibility index (Phi) is 5.13. The van der Waals surface area contributed by atoms with Crippen LogP contribution in [0.15, 0.2) is 36.4 Å². The van der Waals surface area contributed by atoms with Gasteiger partial charge < -0.3 is 15.5 Å². The van der Waals surface area contributed by atoms with E-state index in [1.54, 1.807) is 18.7 Å². The minimum absolute atomic E-state index is 0.0233. The number of hydrogen-bond donors (Lipinski definition) is 2. The van der Waals surface area contributed by atoms with Crippen molar-refractivity contribution >= 4 is 40.5 Å². The summed E-state index contributed by atoms with van der Waals surface area (Å²) in [5.41, 5.74) is 3.22. The van der Waals surface area contributed by atoms with Crippen LogP contribution in [0, 0.1) is 5.82 Å². The highest BCUT2D eigenvalue weighted by Gasteiger charge is 2.22. The molecule has 2 N–H and O–H groups in total. The lowest BCUT2D eigenvalue weighted by molar-refractivity contribution is -0.117. The molecule has 0 aliphatic carbocycles. The van der Waals surface area contributed by atoms with E-state index in [0.29, 0.717) is 12.2 Å². The Hall–Kier alpha value is -2.60. The van der Waals surface area contributed by atoms with Crippen LogP contribution < -0.4 is 15.5 Å². The average molecular weight is 376 g/mol. The van der Waals surface area contributed by atoms with Crippen LogP contribution in [0.5, 0.6) is 0 Å². The summed E-state index contributed by atoms with van der Waals surface area (Å²) < 4.78 is 13.2. The van der Waals surface area contributed by atoms with Crippen molar-refractivity contribution in [1.29, 1.82) is 0 Å². The van der Waals surface area contributed by atoms with E-state index in [0.717, 1.165) is 23.4 Å². The quantitative estimate of drug-likeness (QED) is 0.853. The number of nitrogens with zero attached hydrogens (tertiary/aromatic N) is 1. The predicted molar refractivity (Wildman–Crippen MR) is 101 cm³/mol. The number of rotatable bonds is 4. The Morgan fingerprint density at radius 2 is 1.92 bits per heavy atom. The normalized spacial score (nSPS) is 13.9. The summed E-state index contributed by atoms with van der Waals surface area (Å²) >= 11 is 5.72. The van der Waals surface area contributed by atoms with Crippen LogP contribution in [-0.2, 0) is 16.0 Å². The fourth-order valence-electron chi connectivity index (χ4n) is 2.96. The minimum Gasteiger partial charge on any atom is -0.374 e. The van der Waals surface area contributed by atoms with E-state index < -0.39 is 11.9 Å². The smallest absolute Gasteiger partial charge is 0.246 e. The van der Waals surface area contributed by atoms with E-state index in [4.69, 9.17) is 11.6 Å². The van der Waals surface area contributed by atoms with Gasteiger partial charge in [-0.05, 0) is 55.3 Å². The van der Waals surface area contributed by atoms with E-state index >= 15 is 0 Å². The van der Waals surface area contributed by atoms with Crippen LogP contribution in [0.3, 0.4) is 0 Å². The second kappa shape index (κ2) is 7.33. The third kappa shape index (κ3) is 3.80. The number of anilines is 3. The zero-order valence-electron chi connectivity index (χ0n) is 14.5. The molecule has 2 aromatic rings. The molecule has 7 heteroatoms. The maximum absolute atomic E-state index is 13.2. The molecule has 0 unspecified atom stereocenters. The lowest BCUT2D eigenvalue weighted by atomic mass is 10.1. The molecular formula is C19H19ClFN3O2. The van der Waals surface area contributed by atoms with Crippen LogP contribution in [0.4, 0.5) is 21.5 Å². The van der Waals surface area contributed by atoms with E-state index in [2.05, 4.69) is 10.6 Å². The van der Waals surface area contributed by atoms with Crippen molar-refractivity contribution in [3.05, 3.63) is 52.8 Å². The molecule has 2 aromatic carbocycles. The number of hydrogen-bond acceptors (Lipinski definition) is 3. The second-order valence-corrected chi connectivity index (χ2v) is 6.66. The molecule has 0 saturated heterocycles. The van der Waals surface area contributed by atoms with Gasteiger partial charge in [-0.2, -0.15) is 0 Å². The highest BCUT2D eigenvalue weighted by atomic mass is 35.5. The summed E-state index contributed by atoms with van der Waals surface area (Å²) in [4.78, 5) is 25.7. The topological polar surface area (TPSA) is 61.4 Å². The Balaban J connectivity index is 1.66. The van der Waals surface area contributed by atoms with Gasteiger partial charge in [-0.25, -0.2) is 4.39 Å². The molecule has 1 aliphatic heterocycles. The van der Waals surface area contributed by atoms with Crippen molar-refractivity contribution in [3.63, 3.8) is 0 Å². The number of halogens is 2. The van der Waals surface area contributed by atoms with Gasteiger partial charge in [-0.1, -0.05) is 11.6 Å². The summed E-state index contributed by atoms with van der Waals surface area (Å²) in [6.07, 6.45) is 0.791. The van der Waals surface area contributed by atoms with Crippen molar-refractivity contribution in [3.8, 4) is 0 Å². The maximum atomic E-state index is 13.2. The van der Waals surface area contributed by atoms with Crippen molar-refractivity contribution < 1.29 is 14.0 Å². The summed E-state index contributed by atoms with van der Waals surface area (Å²) in [5, 5.41) is 5.79. The SMILES string of the molecule is CC(=O)N1CCc2cc(N[C@@H](C)C(=O)Nc3ccc(F)c(Cl)c3)ccc21. The van der Waals surface area contributed by atoms with Crippen LogP contribution in [0.25, 0.3) is 0 Å². The molecule has 136 valence electrons. The van der Waals surface area contributed by atoms with Crippen LogP contribution in [0.1, 0.15) is 19.4 Å². The number of carbonyl (C=O) groups is 2. The molecule has 0 spiro atoms. The van der Waals surface area contributed by atoms with Gasteiger partial charge in [0.05, 0.1) is 5.02 Å². The summed E-state index contributed by atoms with van der Waals surface area (Å²) in [7, 11) is 0. The molecule has 0 saturated carbocycles. The average Bonchev–Trinajstić information content (AvgIpc) is 3.01. The number of nitrogens with one attached hydrogen (secondary N) is 2. The lowest BCUT2D eigenvalue weighted by Crippen LogP contribution is -2.31. The number of amides is 2. The molecule has 2 amide bonds. The molecule has 0 fully saturated rings. The van der Waals surface area contributed by atoms with E-state index in [-0.39, 0.29) is 16.8 Å². The van der Waals surface area contributed by atoms with Gasteiger partial charge in [0.1, 0.15) is 11.9 Å². The maximum Gasteiger partial charge on any atom is 0.246 e. The lowest BCUT2D eigenvalue weighted by Gasteiger charge is -2.18. The predicted octanol–water partition coefficient (Wildman–Crippen LogP) is 3.83. The van der Waals surface area contributed by atoms with E-state index in [9.17, 15) is 14.0 Å². The fraction of sp³-hybridized carbons (Fsp3) is 0.263. The Bertz CT molecular complexity index is 872. The molecule has 1 atom stereocenters. The Morgan fingerprint density at radius 1 is 1.19 bits per heavy atom. The molecule has 26 heavy (non-hydrogen) atoms. The number of carbonyl (C=O) groups excluding carboxylic acids is 2. The van der Waals surface area contributed by atoms with Crippen molar-refractivity contribution in [2.24, 2.45) is 0 Å².